The summed E-state index contributed by atoms with van der Waals surface area (Å²) in [7, 11) is 0. The Kier molecular flexibility index (Phi) is 21.1. The van der Waals surface area contributed by atoms with Crippen LogP contribution >= 0.6 is 0 Å². The summed E-state index contributed by atoms with van der Waals surface area (Å²) in [5.41, 5.74) is 3.93. The molecular formula is C53H64N4O6. The first-order chi connectivity index (χ1) is 30.9. The number of rotatable bonds is 28. The summed E-state index contributed by atoms with van der Waals surface area (Å²) < 4.78 is 23.1. The molecule has 0 aliphatic rings. The molecule has 63 heavy (non-hydrogen) atoms. The predicted molar refractivity (Wildman–Crippen MR) is 251 cm³/mol. The summed E-state index contributed by atoms with van der Waals surface area (Å²) in [5.74, 6) is 1.02. The lowest BCUT2D eigenvalue weighted by molar-refractivity contribution is 0.0732. The molecule has 0 saturated carbocycles. The number of carbonyl (C=O) groups excluding carboxylic acids is 2. The predicted octanol–water partition coefficient (Wildman–Crippen LogP) is 16.3. The lowest BCUT2D eigenvalue weighted by atomic mass is 10.1. The number of azo groups is 2. The molecule has 5 aromatic carbocycles. The highest BCUT2D eigenvalue weighted by Crippen LogP contribution is 2.28. The molecule has 0 heterocycles. The summed E-state index contributed by atoms with van der Waals surface area (Å²) in [6, 6.07) is 33.3. The molecule has 5 rings (SSSR count). The first-order valence-electron chi connectivity index (χ1n) is 22.9. The Morgan fingerprint density at radius 1 is 0.397 bits per heavy atom. The minimum absolute atomic E-state index is 0.237. The summed E-state index contributed by atoms with van der Waals surface area (Å²) >= 11 is 0. The zero-order valence-corrected chi connectivity index (χ0v) is 37.4. The number of hydrogen-bond acceptors (Lipinski definition) is 10. The minimum atomic E-state index is -0.565. The maximum Gasteiger partial charge on any atom is 0.343 e. The van der Waals surface area contributed by atoms with Crippen molar-refractivity contribution in [1.29, 1.82) is 0 Å². The van der Waals surface area contributed by atoms with Gasteiger partial charge in [-0.25, -0.2) is 9.59 Å². The topological polar surface area (TPSA) is 121 Å². The van der Waals surface area contributed by atoms with Crippen LogP contribution < -0.4 is 18.9 Å². The van der Waals surface area contributed by atoms with E-state index >= 15 is 0 Å². The average molecular weight is 853 g/mol. The zero-order chi connectivity index (χ0) is 44.3. The Bertz CT molecular complexity index is 2150. The van der Waals surface area contributed by atoms with Crippen LogP contribution in [0.1, 0.15) is 143 Å². The molecule has 0 spiro atoms. The second-order valence-electron chi connectivity index (χ2n) is 15.8. The third-order valence-electron chi connectivity index (χ3n) is 10.5. The van der Waals surface area contributed by atoms with Crippen molar-refractivity contribution < 1.29 is 28.5 Å². The number of hydrogen-bond donors (Lipinski definition) is 0. The lowest BCUT2D eigenvalue weighted by Gasteiger charge is -2.10. The molecule has 0 bridgehead atoms. The van der Waals surface area contributed by atoms with Crippen molar-refractivity contribution in [2.75, 3.05) is 13.2 Å². The molecule has 0 N–H and O–H groups in total. The SMILES string of the molecule is CCCCCCCCCCOc1ccc(N=Nc2ccc(C(=O)Oc3ccc(C)c(OC(=O)c4ccc(N=Nc5ccc(OCCCCCCCCCC)cc5)cc4)c3)cc2)cc1. The molecule has 0 aliphatic heterocycles. The largest absolute Gasteiger partial charge is 0.494 e. The molecule has 0 unspecified atom stereocenters. The van der Waals surface area contributed by atoms with Crippen molar-refractivity contribution in [1.82, 2.24) is 0 Å². The Morgan fingerprint density at radius 3 is 1.13 bits per heavy atom. The molecule has 0 radical (unpaired) electrons. The number of unbranched alkanes of at least 4 members (excludes halogenated alkanes) is 14. The van der Waals surface area contributed by atoms with Crippen molar-refractivity contribution in [2.45, 2.75) is 124 Å². The molecule has 0 saturated heterocycles. The van der Waals surface area contributed by atoms with Gasteiger partial charge < -0.3 is 18.9 Å². The Hall–Kier alpha value is -6.16. The third-order valence-corrected chi connectivity index (χ3v) is 10.5. The van der Waals surface area contributed by atoms with Gasteiger partial charge in [-0.2, -0.15) is 20.5 Å². The van der Waals surface area contributed by atoms with Gasteiger partial charge in [0.25, 0.3) is 0 Å². The summed E-state index contributed by atoms with van der Waals surface area (Å²) in [6.07, 6.45) is 20.2. The van der Waals surface area contributed by atoms with Crippen LogP contribution in [0.25, 0.3) is 0 Å². The average Bonchev–Trinajstić information content (AvgIpc) is 3.31. The molecule has 5 aromatic rings. The molecule has 0 amide bonds. The van der Waals surface area contributed by atoms with E-state index in [0.717, 1.165) is 24.3 Å². The minimum Gasteiger partial charge on any atom is -0.494 e. The standard InChI is InChI=1S/C53H64N4O6/c1-4-6-8-10-12-14-16-18-38-60-48-34-29-46(30-35-48)56-54-44-25-21-42(22-26-44)52(58)62-50-33-20-41(3)51(40-50)63-53(59)43-23-27-45(28-24-43)55-57-47-31-36-49(37-32-47)61-39-19-17-15-13-11-9-7-5-2/h20-37,40H,4-19,38-39H2,1-3H3. The van der Waals surface area contributed by atoms with Crippen LogP contribution in [0.2, 0.25) is 0 Å². The van der Waals surface area contributed by atoms with E-state index in [0.29, 0.717) is 52.7 Å². The van der Waals surface area contributed by atoms with Crippen molar-refractivity contribution in [3.8, 4) is 23.0 Å². The molecule has 0 aliphatic carbocycles. The van der Waals surface area contributed by atoms with Crippen LogP contribution in [-0.2, 0) is 0 Å². The second kappa shape index (κ2) is 27.7. The van der Waals surface area contributed by atoms with Crippen molar-refractivity contribution >= 4 is 34.7 Å². The van der Waals surface area contributed by atoms with E-state index in [9.17, 15) is 9.59 Å². The van der Waals surface area contributed by atoms with Crippen molar-refractivity contribution in [3.05, 3.63) is 132 Å². The Labute approximate surface area is 374 Å². The van der Waals surface area contributed by atoms with E-state index in [-0.39, 0.29) is 11.5 Å². The smallest absolute Gasteiger partial charge is 0.343 e. The first-order valence-corrected chi connectivity index (χ1v) is 22.9. The molecule has 10 heteroatoms. The van der Waals surface area contributed by atoms with Gasteiger partial charge in [0.05, 0.1) is 47.1 Å². The van der Waals surface area contributed by atoms with Crippen LogP contribution in [-0.4, -0.2) is 25.2 Å². The van der Waals surface area contributed by atoms with Gasteiger partial charge in [-0.1, -0.05) is 110 Å². The zero-order valence-electron chi connectivity index (χ0n) is 37.4. The molecular weight excluding hydrogens is 789 g/mol. The summed E-state index contributed by atoms with van der Waals surface area (Å²) in [6.45, 7) is 7.71. The third kappa shape index (κ3) is 18.0. The van der Waals surface area contributed by atoms with Crippen LogP contribution in [0, 0.1) is 6.92 Å². The van der Waals surface area contributed by atoms with E-state index in [1.165, 1.54) is 96.0 Å². The maximum absolute atomic E-state index is 13.1. The van der Waals surface area contributed by atoms with Crippen LogP contribution in [0.15, 0.2) is 136 Å². The Balaban J connectivity index is 1.02. The van der Waals surface area contributed by atoms with Crippen LogP contribution in [0.5, 0.6) is 23.0 Å². The van der Waals surface area contributed by atoms with E-state index < -0.39 is 11.9 Å². The molecule has 0 aromatic heterocycles. The van der Waals surface area contributed by atoms with Crippen molar-refractivity contribution in [2.24, 2.45) is 20.5 Å². The van der Waals surface area contributed by atoms with E-state index in [1.54, 1.807) is 60.7 Å². The van der Waals surface area contributed by atoms with Crippen LogP contribution in [0.4, 0.5) is 22.7 Å². The van der Waals surface area contributed by atoms with Gasteiger partial charge in [0, 0.05) is 6.07 Å². The van der Waals surface area contributed by atoms with Gasteiger partial charge in [-0.3, -0.25) is 0 Å². The van der Waals surface area contributed by atoms with E-state index in [1.807, 2.05) is 55.5 Å². The highest BCUT2D eigenvalue weighted by Gasteiger charge is 2.14. The van der Waals surface area contributed by atoms with Gasteiger partial charge in [0.15, 0.2) is 0 Å². The fourth-order valence-corrected chi connectivity index (χ4v) is 6.71. The number of ether oxygens (including phenoxy) is 4. The summed E-state index contributed by atoms with van der Waals surface area (Å²) in [4.78, 5) is 26.1. The quantitative estimate of drug-likeness (QED) is 0.0214. The Morgan fingerprint density at radius 2 is 0.730 bits per heavy atom. The fraction of sp³-hybridized carbons (Fsp3) is 0.396. The maximum atomic E-state index is 13.1. The van der Waals surface area contributed by atoms with Crippen molar-refractivity contribution in [3.63, 3.8) is 0 Å². The molecule has 10 nitrogen and oxygen atoms in total. The number of nitrogens with zero attached hydrogens (tertiary/aromatic N) is 4. The normalized spacial score (nSPS) is 11.3. The van der Waals surface area contributed by atoms with Gasteiger partial charge >= 0.3 is 11.9 Å². The number of benzene rings is 5. The van der Waals surface area contributed by atoms with Gasteiger partial charge in [-0.05, 0) is 128 Å². The van der Waals surface area contributed by atoms with Gasteiger partial charge in [-0.15, -0.1) is 0 Å². The van der Waals surface area contributed by atoms with E-state index in [2.05, 4.69) is 34.3 Å². The lowest BCUT2D eigenvalue weighted by Crippen LogP contribution is -2.11. The highest BCUT2D eigenvalue weighted by atomic mass is 16.5. The monoisotopic (exact) mass is 852 g/mol. The first kappa shape index (κ1) is 47.9. The number of carbonyl (C=O) groups is 2. The van der Waals surface area contributed by atoms with Crippen LogP contribution in [0.3, 0.4) is 0 Å². The molecule has 0 fully saturated rings. The number of aryl methyl sites for hydroxylation is 1. The van der Waals surface area contributed by atoms with Gasteiger partial charge in [0.2, 0.25) is 0 Å². The fourth-order valence-electron chi connectivity index (χ4n) is 6.71. The van der Waals surface area contributed by atoms with E-state index in [4.69, 9.17) is 18.9 Å². The molecule has 332 valence electrons. The molecule has 0 atom stereocenters. The second-order valence-corrected chi connectivity index (χ2v) is 15.8. The van der Waals surface area contributed by atoms with Gasteiger partial charge in [0.1, 0.15) is 23.0 Å². The highest BCUT2D eigenvalue weighted by molar-refractivity contribution is 5.92. The summed E-state index contributed by atoms with van der Waals surface area (Å²) in [5, 5.41) is 17.3. The number of esters is 2.